The van der Waals surface area contributed by atoms with Gasteiger partial charge >= 0.3 is 6.09 Å². The Morgan fingerprint density at radius 2 is 1.84 bits per heavy atom. The third kappa shape index (κ3) is 6.94. The highest BCUT2D eigenvalue weighted by atomic mass is 32.2. The van der Waals surface area contributed by atoms with Crippen LogP contribution in [0.25, 0.3) is 0 Å². The minimum Gasteiger partial charge on any atom is -0.444 e. The smallest absolute Gasteiger partial charge is 0.410 e. The van der Waals surface area contributed by atoms with Gasteiger partial charge in [-0.15, -0.1) is 11.8 Å². The van der Waals surface area contributed by atoms with Crippen molar-refractivity contribution in [3.63, 3.8) is 0 Å². The lowest BCUT2D eigenvalue weighted by Crippen LogP contribution is -2.48. The maximum atomic E-state index is 12.8. The number of benzene rings is 1. The normalized spacial score (nSPS) is 15.8. The van der Waals surface area contributed by atoms with E-state index in [0.29, 0.717) is 25.9 Å². The van der Waals surface area contributed by atoms with Gasteiger partial charge < -0.3 is 15.0 Å². The molecule has 1 aliphatic heterocycles. The van der Waals surface area contributed by atoms with Gasteiger partial charge in [0.2, 0.25) is 5.91 Å². The molecule has 0 aromatic heterocycles. The molecule has 0 unspecified atom stereocenters. The number of hydrogen-bond donors (Lipinski definition) is 1. The molecule has 0 bridgehead atoms. The van der Waals surface area contributed by atoms with Gasteiger partial charge in [-0.05, 0) is 57.9 Å². The molecule has 1 fully saturated rings. The Morgan fingerprint density at radius 1 is 1.24 bits per heavy atom. The van der Waals surface area contributed by atoms with E-state index in [9.17, 15) is 14.0 Å². The summed E-state index contributed by atoms with van der Waals surface area (Å²) >= 11 is 1.37. The van der Waals surface area contributed by atoms with E-state index in [1.54, 1.807) is 17.0 Å². The molecule has 1 heterocycles. The van der Waals surface area contributed by atoms with E-state index in [-0.39, 0.29) is 29.6 Å². The lowest BCUT2D eigenvalue weighted by molar-refractivity contribution is -0.119. The summed E-state index contributed by atoms with van der Waals surface area (Å²) in [4.78, 5) is 26.6. The molecule has 0 aliphatic carbocycles. The Morgan fingerprint density at radius 3 is 2.40 bits per heavy atom. The van der Waals surface area contributed by atoms with Crippen LogP contribution in [-0.4, -0.2) is 47.4 Å². The average Bonchev–Trinajstić information content (AvgIpc) is 2.53. The Labute approximate surface area is 152 Å². The van der Waals surface area contributed by atoms with Crippen LogP contribution >= 0.6 is 11.8 Å². The molecule has 0 radical (unpaired) electrons. The SMILES string of the molecule is CC(C)(C)OC(=O)N1CCC(NC(=O)CSc2ccc(F)cc2)CC1. The number of thioether (sulfide) groups is 1. The van der Waals surface area contributed by atoms with Crippen LogP contribution in [0, 0.1) is 5.82 Å². The molecule has 1 aromatic rings. The van der Waals surface area contributed by atoms with Crippen molar-refractivity contribution in [2.45, 2.75) is 50.2 Å². The first-order valence-electron chi connectivity index (χ1n) is 8.38. The van der Waals surface area contributed by atoms with Gasteiger partial charge in [-0.1, -0.05) is 0 Å². The molecule has 7 heteroatoms. The van der Waals surface area contributed by atoms with Crippen molar-refractivity contribution in [2.75, 3.05) is 18.8 Å². The molecule has 2 rings (SSSR count). The number of halogens is 1. The van der Waals surface area contributed by atoms with Gasteiger partial charge in [0.1, 0.15) is 11.4 Å². The van der Waals surface area contributed by atoms with E-state index in [1.807, 2.05) is 20.8 Å². The number of carbonyl (C=O) groups excluding carboxylic acids is 2. The number of rotatable bonds is 4. The molecule has 1 aliphatic rings. The molecule has 25 heavy (non-hydrogen) atoms. The Hall–Kier alpha value is -1.76. The van der Waals surface area contributed by atoms with Gasteiger partial charge in [-0.2, -0.15) is 0 Å². The van der Waals surface area contributed by atoms with Crippen LogP contribution in [0.2, 0.25) is 0 Å². The van der Waals surface area contributed by atoms with Crippen LogP contribution in [0.15, 0.2) is 29.2 Å². The van der Waals surface area contributed by atoms with Crippen LogP contribution in [-0.2, 0) is 9.53 Å². The van der Waals surface area contributed by atoms with Gasteiger partial charge in [0, 0.05) is 24.0 Å². The van der Waals surface area contributed by atoms with Crippen molar-refractivity contribution in [3.8, 4) is 0 Å². The molecule has 0 spiro atoms. The molecule has 5 nitrogen and oxygen atoms in total. The highest BCUT2D eigenvalue weighted by Gasteiger charge is 2.27. The molecule has 1 N–H and O–H groups in total. The standard InChI is InChI=1S/C18H25FN2O3S/c1-18(2,3)24-17(23)21-10-8-14(9-11-21)20-16(22)12-25-15-6-4-13(19)5-7-15/h4-7,14H,8-12H2,1-3H3,(H,20,22). The summed E-state index contributed by atoms with van der Waals surface area (Å²) in [5, 5.41) is 3.00. The number of hydrogen-bond acceptors (Lipinski definition) is 4. The highest BCUT2D eigenvalue weighted by molar-refractivity contribution is 8.00. The molecule has 138 valence electrons. The van der Waals surface area contributed by atoms with Crippen molar-refractivity contribution in [1.82, 2.24) is 10.2 Å². The minimum absolute atomic E-state index is 0.0509. The zero-order valence-corrected chi connectivity index (χ0v) is 15.7. The number of amides is 2. The molecular formula is C18H25FN2O3S. The number of ether oxygens (including phenoxy) is 1. The van der Waals surface area contributed by atoms with E-state index < -0.39 is 5.60 Å². The van der Waals surface area contributed by atoms with Crippen LogP contribution in [0.3, 0.4) is 0 Å². The summed E-state index contributed by atoms with van der Waals surface area (Å²) in [6, 6.07) is 6.15. The van der Waals surface area contributed by atoms with Gasteiger partial charge in [0.25, 0.3) is 0 Å². The zero-order chi connectivity index (χ0) is 18.4. The van der Waals surface area contributed by atoms with Crippen molar-refractivity contribution in [2.24, 2.45) is 0 Å². The molecule has 0 atom stereocenters. The number of nitrogens with zero attached hydrogens (tertiary/aromatic N) is 1. The monoisotopic (exact) mass is 368 g/mol. The topological polar surface area (TPSA) is 58.6 Å². The first-order valence-corrected chi connectivity index (χ1v) is 9.37. The highest BCUT2D eigenvalue weighted by Crippen LogP contribution is 2.19. The summed E-state index contributed by atoms with van der Waals surface area (Å²) in [7, 11) is 0. The predicted octanol–water partition coefficient (Wildman–Crippen LogP) is 3.43. The molecular weight excluding hydrogens is 343 g/mol. The molecule has 1 saturated heterocycles. The second-order valence-corrected chi connectivity index (χ2v) is 8.10. The second kappa shape index (κ2) is 8.56. The van der Waals surface area contributed by atoms with Gasteiger partial charge in [-0.25, -0.2) is 9.18 Å². The van der Waals surface area contributed by atoms with Crippen molar-refractivity contribution in [1.29, 1.82) is 0 Å². The summed E-state index contributed by atoms with van der Waals surface area (Å²) in [5.41, 5.74) is -0.500. The fourth-order valence-electron chi connectivity index (χ4n) is 2.48. The van der Waals surface area contributed by atoms with E-state index in [0.717, 1.165) is 4.90 Å². The van der Waals surface area contributed by atoms with Crippen LogP contribution in [0.1, 0.15) is 33.6 Å². The quantitative estimate of drug-likeness (QED) is 0.827. The zero-order valence-electron chi connectivity index (χ0n) is 14.9. The van der Waals surface area contributed by atoms with Crippen molar-refractivity contribution in [3.05, 3.63) is 30.1 Å². The van der Waals surface area contributed by atoms with Crippen LogP contribution < -0.4 is 5.32 Å². The van der Waals surface area contributed by atoms with E-state index in [4.69, 9.17) is 4.74 Å². The Bertz CT molecular complexity index is 593. The summed E-state index contributed by atoms with van der Waals surface area (Å²) in [6.45, 7) is 6.68. The van der Waals surface area contributed by atoms with Crippen molar-refractivity contribution < 1.29 is 18.7 Å². The molecule has 2 amide bonds. The lowest BCUT2D eigenvalue weighted by Gasteiger charge is -2.33. The maximum absolute atomic E-state index is 12.8. The van der Waals surface area contributed by atoms with Crippen molar-refractivity contribution >= 4 is 23.8 Å². The lowest BCUT2D eigenvalue weighted by atomic mass is 10.1. The predicted molar refractivity (Wildman–Crippen MR) is 96.1 cm³/mol. The summed E-state index contributed by atoms with van der Waals surface area (Å²) in [5.74, 6) is -0.0478. The van der Waals surface area contributed by atoms with Gasteiger partial charge in [0.15, 0.2) is 0 Å². The van der Waals surface area contributed by atoms with E-state index in [1.165, 1.54) is 23.9 Å². The largest absolute Gasteiger partial charge is 0.444 e. The number of carbonyl (C=O) groups is 2. The second-order valence-electron chi connectivity index (χ2n) is 7.05. The summed E-state index contributed by atoms with van der Waals surface area (Å²) < 4.78 is 18.2. The first kappa shape index (κ1) is 19.6. The average molecular weight is 368 g/mol. The van der Waals surface area contributed by atoms with E-state index >= 15 is 0 Å². The summed E-state index contributed by atoms with van der Waals surface area (Å²) in [6.07, 6.45) is 1.13. The molecule has 0 saturated carbocycles. The number of piperidine rings is 1. The number of likely N-dealkylation sites (tertiary alicyclic amines) is 1. The fourth-order valence-corrected chi connectivity index (χ4v) is 3.19. The van der Waals surface area contributed by atoms with Gasteiger partial charge in [0.05, 0.1) is 5.75 Å². The molecule has 1 aromatic carbocycles. The Balaban J connectivity index is 1.69. The Kier molecular flexibility index (Phi) is 6.70. The maximum Gasteiger partial charge on any atom is 0.410 e. The fraction of sp³-hybridized carbons (Fsp3) is 0.556. The first-order chi connectivity index (χ1) is 11.7. The third-order valence-corrected chi connectivity index (χ3v) is 4.71. The van der Waals surface area contributed by atoms with Gasteiger partial charge in [-0.3, -0.25) is 4.79 Å². The van der Waals surface area contributed by atoms with Crippen LogP contribution in [0.4, 0.5) is 9.18 Å². The van der Waals surface area contributed by atoms with Crippen LogP contribution in [0.5, 0.6) is 0 Å². The third-order valence-electron chi connectivity index (χ3n) is 3.70. The number of nitrogens with one attached hydrogen (secondary N) is 1. The van der Waals surface area contributed by atoms with E-state index in [2.05, 4.69) is 5.32 Å². The minimum atomic E-state index is -0.500.